The number of carboxylic acid groups (broad SMARTS) is 1. The maximum absolute atomic E-state index is 12.2. The summed E-state index contributed by atoms with van der Waals surface area (Å²) in [7, 11) is 0. The van der Waals surface area contributed by atoms with Crippen molar-refractivity contribution in [3.8, 4) is 0 Å². The average molecular weight is 671 g/mol. The smallest absolute Gasteiger partial charge is 0.345 e. The first-order chi connectivity index (χ1) is 23.6. The van der Waals surface area contributed by atoms with Crippen molar-refractivity contribution >= 4 is 11.9 Å². The van der Waals surface area contributed by atoms with Crippen LogP contribution in [0.3, 0.4) is 0 Å². The molecule has 48 heavy (non-hydrogen) atoms. The molecule has 4 heteroatoms. The number of rotatable bonds is 37. The first-order valence-corrected chi connectivity index (χ1v) is 20.6. The minimum atomic E-state index is -1.03. The first kappa shape index (κ1) is 45.9. The van der Waals surface area contributed by atoms with Crippen LogP contribution in [0.15, 0.2) is 48.6 Å². The predicted octanol–water partition coefficient (Wildman–Crippen LogP) is 14.3. The van der Waals surface area contributed by atoms with Gasteiger partial charge in [0.15, 0.2) is 6.10 Å². The highest BCUT2D eigenvalue weighted by Crippen LogP contribution is 2.16. The second-order valence-electron chi connectivity index (χ2n) is 13.8. The number of carbonyl (C=O) groups is 2. The molecule has 0 aliphatic carbocycles. The van der Waals surface area contributed by atoms with Gasteiger partial charge in [-0.05, 0) is 57.8 Å². The second-order valence-corrected chi connectivity index (χ2v) is 13.8. The molecule has 0 saturated heterocycles. The monoisotopic (exact) mass is 671 g/mol. The van der Waals surface area contributed by atoms with Gasteiger partial charge in [0.2, 0.25) is 0 Å². The summed E-state index contributed by atoms with van der Waals surface area (Å²) in [5.74, 6) is -1.42. The molecule has 0 rings (SSSR count). The number of ether oxygens (including phenoxy) is 1. The van der Waals surface area contributed by atoms with Crippen molar-refractivity contribution in [1.82, 2.24) is 0 Å². The molecule has 0 aromatic rings. The highest BCUT2D eigenvalue weighted by molar-refractivity contribution is 5.77. The second kappa shape index (κ2) is 39.3. The number of hydrogen-bond acceptors (Lipinski definition) is 3. The van der Waals surface area contributed by atoms with Crippen LogP contribution < -0.4 is 0 Å². The number of allylic oxidation sites excluding steroid dienone is 8. The van der Waals surface area contributed by atoms with Crippen LogP contribution in [0.2, 0.25) is 0 Å². The Balaban J connectivity index is 3.62. The van der Waals surface area contributed by atoms with E-state index in [4.69, 9.17) is 4.74 Å². The van der Waals surface area contributed by atoms with Gasteiger partial charge in [-0.25, -0.2) is 4.79 Å². The van der Waals surface area contributed by atoms with E-state index >= 15 is 0 Å². The summed E-state index contributed by atoms with van der Waals surface area (Å²) in [5.41, 5.74) is 0. The van der Waals surface area contributed by atoms with Crippen LogP contribution in [0, 0.1) is 0 Å². The zero-order chi connectivity index (χ0) is 35.0. The Labute approximate surface area is 298 Å². The number of unbranched alkanes of at least 4 members (excludes halogenated alkanes) is 23. The summed E-state index contributed by atoms with van der Waals surface area (Å²) in [6, 6.07) is 0. The van der Waals surface area contributed by atoms with Gasteiger partial charge in [0.1, 0.15) is 0 Å². The standard InChI is InChI=1S/C44H78O4/c1-3-5-7-9-11-13-15-17-19-21-22-23-25-26-28-30-32-34-36-38-40-42(44(46)47)48-43(45)41-39-37-35-33-31-29-27-24-20-18-16-14-12-10-8-6-4-2/h12,14,18,20,27,29,33,35,42H,3-11,13,15-17,19,21-26,28,30-32,34,36-41H2,1-2H3,(H,46,47)/b14-12-,20-18-,29-27-,35-33-. The van der Waals surface area contributed by atoms with E-state index in [0.717, 1.165) is 44.9 Å². The van der Waals surface area contributed by atoms with Gasteiger partial charge in [-0.2, -0.15) is 0 Å². The van der Waals surface area contributed by atoms with Gasteiger partial charge in [-0.15, -0.1) is 0 Å². The molecule has 0 bridgehead atoms. The Morgan fingerprint density at radius 2 is 0.792 bits per heavy atom. The summed E-state index contributed by atoms with van der Waals surface area (Å²) in [4.78, 5) is 23.8. The Bertz CT molecular complexity index is 809. The van der Waals surface area contributed by atoms with Crippen LogP contribution in [0.4, 0.5) is 0 Å². The molecule has 0 radical (unpaired) electrons. The Morgan fingerprint density at radius 3 is 1.19 bits per heavy atom. The van der Waals surface area contributed by atoms with Crippen molar-refractivity contribution < 1.29 is 19.4 Å². The molecule has 0 aromatic heterocycles. The molecule has 0 heterocycles. The van der Waals surface area contributed by atoms with E-state index in [0.29, 0.717) is 12.8 Å². The van der Waals surface area contributed by atoms with Crippen molar-refractivity contribution in [1.29, 1.82) is 0 Å². The summed E-state index contributed by atoms with van der Waals surface area (Å²) < 4.78 is 5.30. The Morgan fingerprint density at radius 1 is 0.458 bits per heavy atom. The maximum atomic E-state index is 12.2. The van der Waals surface area contributed by atoms with Gasteiger partial charge in [0, 0.05) is 6.42 Å². The van der Waals surface area contributed by atoms with Gasteiger partial charge in [-0.1, -0.05) is 197 Å². The predicted molar refractivity (Wildman–Crippen MR) is 209 cm³/mol. The lowest BCUT2D eigenvalue weighted by Gasteiger charge is -2.13. The molecular formula is C44H78O4. The van der Waals surface area contributed by atoms with E-state index in [1.54, 1.807) is 0 Å². The number of aliphatic carboxylic acids is 1. The Hall–Kier alpha value is -2.10. The molecule has 0 saturated carbocycles. The normalized spacial score (nSPS) is 12.7. The molecule has 4 nitrogen and oxygen atoms in total. The minimum absolute atomic E-state index is 0.265. The van der Waals surface area contributed by atoms with Crippen LogP contribution in [0.1, 0.15) is 213 Å². The van der Waals surface area contributed by atoms with Crippen molar-refractivity contribution in [3.63, 3.8) is 0 Å². The van der Waals surface area contributed by atoms with Gasteiger partial charge < -0.3 is 9.84 Å². The molecular weight excluding hydrogens is 592 g/mol. The Kier molecular flexibility index (Phi) is 37.6. The lowest BCUT2D eigenvalue weighted by atomic mass is 10.0. The third kappa shape index (κ3) is 36.7. The van der Waals surface area contributed by atoms with E-state index in [9.17, 15) is 14.7 Å². The lowest BCUT2D eigenvalue weighted by Crippen LogP contribution is -2.26. The van der Waals surface area contributed by atoms with Gasteiger partial charge >= 0.3 is 11.9 Å². The molecule has 1 atom stereocenters. The third-order valence-corrected chi connectivity index (χ3v) is 9.08. The molecule has 0 aliphatic rings. The topological polar surface area (TPSA) is 63.6 Å². The maximum Gasteiger partial charge on any atom is 0.345 e. The highest BCUT2D eigenvalue weighted by Gasteiger charge is 2.21. The van der Waals surface area contributed by atoms with Crippen molar-refractivity contribution in [3.05, 3.63) is 48.6 Å². The van der Waals surface area contributed by atoms with E-state index in [1.807, 2.05) is 0 Å². The largest absolute Gasteiger partial charge is 0.479 e. The van der Waals surface area contributed by atoms with Gasteiger partial charge in [0.25, 0.3) is 0 Å². The third-order valence-electron chi connectivity index (χ3n) is 9.08. The summed E-state index contributed by atoms with van der Waals surface area (Å²) in [5, 5.41) is 9.50. The van der Waals surface area contributed by atoms with Crippen molar-refractivity contribution in [2.45, 2.75) is 219 Å². The summed E-state index contributed by atoms with van der Waals surface area (Å²) in [6.45, 7) is 4.52. The average Bonchev–Trinajstić information content (AvgIpc) is 3.08. The van der Waals surface area contributed by atoms with E-state index in [1.165, 1.54) is 135 Å². The molecule has 0 aromatic carbocycles. The van der Waals surface area contributed by atoms with Crippen LogP contribution in [0.5, 0.6) is 0 Å². The first-order valence-electron chi connectivity index (χ1n) is 20.6. The molecule has 1 N–H and O–H groups in total. The number of carboxylic acids is 1. The van der Waals surface area contributed by atoms with E-state index in [2.05, 4.69) is 62.5 Å². The fourth-order valence-electron chi connectivity index (χ4n) is 5.96. The van der Waals surface area contributed by atoms with Crippen molar-refractivity contribution in [2.24, 2.45) is 0 Å². The van der Waals surface area contributed by atoms with Crippen LogP contribution in [-0.4, -0.2) is 23.1 Å². The van der Waals surface area contributed by atoms with E-state index < -0.39 is 18.0 Å². The molecule has 0 aliphatic heterocycles. The van der Waals surface area contributed by atoms with Crippen LogP contribution >= 0.6 is 0 Å². The van der Waals surface area contributed by atoms with Crippen LogP contribution in [-0.2, 0) is 14.3 Å². The summed E-state index contributed by atoms with van der Waals surface area (Å²) in [6.07, 6.45) is 53.0. The molecule has 0 amide bonds. The molecule has 1 unspecified atom stereocenters. The molecule has 278 valence electrons. The fourth-order valence-corrected chi connectivity index (χ4v) is 5.96. The number of carbonyl (C=O) groups excluding carboxylic acids is 1. The van der Waals surface area contributed by atoms with Gasteiger partial charge in [0.05, 0.1) is 0 Å². The minimum Gasteiger partial charge on any atom is -0.479 e. The quantitative estimate of drug-likeness (QED) is 0.0406. The lowest BCUT2D eigenvalue weighted by molar-refractivity contribution is -0.164. The highest BCUT2D eigenvalue weighted by atomic mass is 16.6. The SMILES string of the molecule is CCCCC/C=C\C/C=C\C/C=C\C/C=C\CCCC(=O)OC(CCCCCCCCCCCCCCCCCCCCCC)C(=O)O. The van der Waals surface area contributed by atoms with Crippen molar-refractivity contribution in [2.75, 3.05) is 0 Å². The van der Waals surface area contributed by atoms with E-state index in [-0.39, 0.29) is 6.42 Å². The zero-order valence-corrected chi connectivity index (χ0v) is 31.8. The van der Waals surface area contributed by atoms with Gasteiger partial charge in [-0.3, -0.25) is 4.79 Å². The summed E-state index contributed by atoms with van der Waals surface area (Å²) >= 11 is 0. The number of hydrogen-bond donors (Lipinski definition) is 1. The van der Waals surface area contributed by atoms with Crippen LogP contribution in [0.25, 0.3) is 0 Å². The molecule has 0 fully saturated rings. The zero-order valence-electron chi connectivity index (χ0n) is 31.8. The number of esters is 1. The molecule has 0 spiro atoms. The fraction of sp³-hybridized carbons (Fsp3) is 0.773.